The Hall–Kier alpha value is -0.450. The topological polar surface area (TPSA) is 29.5 Å². The van der Waals surface area contributed by atoms with Gasteiger partial charge in [0.25, 0.3) is 0 Å². The Labute approximate surface area is 116 Å². The molecule has 1 N–H and O–H groups in total. The van der Waals surface area contributed by atoms with Gasteiger partial charge in [0, 0.05) is 18.0 Å². The molecular weight excluding hydrogens is 299 g/mol. The summed E-state index contributed by atoms with van der Waals surface area (Å²) in [5.74, 6) is -0.297. The van der Waals surface area contributed by atoms with E-state index in [4.69, 9.17) is 4.74 Å². The molecule has 1 atom stereocenters. The molecule has 0 aliphatic heterocycles. The second-order valence-corrected chi connectivity index (χ2v) is 5.35. The maximum absolute atomic E-state index is 13.7. The molecule has 0 saturated heterocycles. The fourth-order valence-corrected chi connectivity index (χ4v) is 2.65. The summed E-state index contributed by atoms with van der Waals surface area (Å²) in [7, 11) is 1.59. The molecule has 102 valence electrons. The Bertz CT molecular complexity index is 383. The molecule has 0 aliphatic rings. The predicted octanol–water partition coefficient (Wildman–Crippen LogP) is 3.70. The molecule has 0 radical (unpaired) electrons. The molecule has 0 aliphatic carbocycles. The van der Waals surface area contributed by atoms with Gasteiger partial charge in [0.15, 0.2) is 0 Å². The minimum atomic E-state index is -0.721. The van der Waals surface area contributed by atoms with Gasteiger partial charge in [-0.15, -0.1) is 0 Å². The minimum absolute atomic E-state index is 0.251. The van der Waals surface area contributed by atoms with E-state index in [0.29, 0.717) is 18.4 Å². The minimum Gasteiger partial charge on any atom is -0.390 e. The van der Waals surface area contributed by atoms with Crippen LogP contribution in [-0.4, -0.2) is 23.9 Å². The van der Waals surface area contributed by atoms with Crippen LogP contribution in [0.15, 0.2) is 22.7 Å². The number of methoxy groups -OCH3 is 1. The van der Waals surface area contributed by atoms with Gasteiger partial charge in [0.2, 0.25) is 0 Å². The third kappa shape index (κ3) is 3.31. The van der Waals surface area contributed by atoms with Crippen LogP contribution in [0.3, 0.4) is 0 Å². The first kappa shape index (κ1) is 15.6. The van der Waals surface area contributed by atoms with Crippen molar-refractivity contribution in [2.45, 2.75) is 44.8 Å². The van der Waals surface area contributed by atoms with Crippen molar-refractivity contribution in [1.82, 2.24) is 0 Å². The van der Waals surface area contributed by atoms with Crippen LogP contribution in [0, 0.1) is 5.82 Å². The summed E-state index contributed by atoms with van der Waals surface area (Å²) in [6.07, 6.45) is 0.912. The van der Waals surface area contributed by atoms with E-state index in [1.807, 2.05) is 13.8 Å². The molecule has 0 spiro atoms. The van der Waals surface area contributed by atoms with Crippen molar-refractivity contribution in [3.05, 3.63) is 34.1 Å². The van der Waals surface area contributed by atoms with Crippen LogP contribution in [0.5, 0.6) is 0 Å². The molecule has 1 rings (SSSR count). The lowest BCUT2D eigenvalue weighted by Gasteiger charge is -2.35. The molecule has 1 aromatic carbocycles. The van der Waals surface area contributed by atoms with Gasteiger partial charge < -0.3 is 9.84 Å². The van der Waals surface area contributed by atoms with Crippen LogP contribution in [0.4, 0.5) is 4.39 Å². The highest BCUT2D eigenvalue weighted by atomic mass is 79.9. The van der Waals surface area contributed by atoms with Crippen molar-refractivity contribution in [2.75, 3.05) is 7.11 Å². The smallest absolute Gasteiger partial charge is 0.126 e. The van der Waals surface area contributed by atoms with Gasteiger partial charge in [-0.05, 0) is 36.6 Å². The molecule has 1 aromatic rings. The normalized spacial score (nSPS) is 13.7. The van der Waals surface area contributed by atoms with Gasteiger partial charge in [-0.2, -0.15) is 0 Å². The first-order valence-corrected chi connectivity index (χ1v) is 6.95. The molecule has 2 nitrogen and oxygen atoms in total. The van der Waals surface area contributed by atoms with E-state index < -0.39 is 11.7 Å². The number of aliphatic hydroxyl groups excluding tert-OH is 1. The maximum Gasteiger partial charge on any atom is 0.126 e. The van der Waals surface area contributed by atoms with Gasteiger partial charge in [-0.25, -0.2) is 4.39 Å². The van der Waals surface area contributed by atoms with Crippen LogP contribution in [0.2, 0.25) is 0 Å². The van der Waals surface area contributed by atoms with Crippen LogP contribution in [0.1, 0.15) is 32.3 Å². The summed E-state index contributed by atoms with van der Waals surface area (Å²) in [5, 5.41) is 10.3. The molecule has 0 heterocycles. The SMILES string of the molecule is CCC(CC)(OC)C(O)Cc1cc(Br)ccc1F. The summed E-state index contributed by atoms with van der Waals surface area (Å²) in [6, 6.07) is 4.75. The number of halogens is 2. The lowest BCUT2D eigenvalue weighted by molar-refractivity contribution is -0.107. The summed E-state index contributed by atoms with van der Waals surface area (Å²) < 4.78 is 19.9. The van der Waals surface area contributed by atoms with Crippen molar-refractivity contribution in [1.29, 1.82) is 0 Å². The molecule has 0 amide bonds. The van der Waals surface area contributed by atoms with Gasteiger partial charge >= 0.3 is 0 Å². The van der Waals surface area contributed by atoms with E-state index in [9.17, 15) is 9.50 Å². The largest absolute Gasteiger partial charge is 0.390 e. The van der Waals surface area contributed by atoms with Crippen LogP contribution in [-0.2, 0) is 11.2 Å². The standard InChI is InChI=1S/C14H20BrFO2/c1-4-14(5-2,18-3)13(17)9-10-8-11(15)6-7-12(10)16/h6-8,13,17H,4-5,9H2,1-3H3. The Morgan fingerprint density at radius 2 is 2.00 bits per heavy atom. The Morgan fingerprint density at radius 3 is 2.50 bits per heavy atom. The fraction of sp³-hybridized carbons (Fsp3) is 0.571. The van der Waals surface area contributed by atoms with Gasteiger partial charge in [-0.3, -0.25) is 0 Å². The van der Waals surface area contributed by atoms with Crippen molar-refractivity contribution in [3.8, 4) is 0 Å². The molecular formula is C14H20BrFO2. The second kappa shape index (κ2) is 6.64. The third-order valence-corrected chi connectivity index (χ3v) is 4.13. The zero-order valence-electron chi connectivity index (χ0n) is 11.0. The Balaban J connectivity index is 2.92. The fourth-order valence-electron chi connectivity index (χ4n) is 2.24. The molecule has 0 aromatic heterocycles. The van der Waals surface area contributed by atoms with Crippen LogP contribution in [0.25, 0.3) is 0 Å². The van der Waals surface area contributed by atoms with Crippen molar-refractivity contribution >= 4 is 15.9 Å². The number of hydrogen-bond donors (Lipinski definition) is 1. The number of ether oxygens (including phenoxy) is 1. The molecule has 0 saturated carbocycles. The highest BCUT2D eigenvalue weighted by Gasteiger charge is 2.34. The van der Waals surface area contributed by atoms with Crippen LogP contribution >= 0.6 is 15.9 Å². The highest BCUT2D eigenvalue weighted by molar-refractivity contribution is 9.10. The zero-order valence-corrected chi connectivity index (χ0v) is 12.6. The third-order valence-electron chi connectivity index (χ3n) is 3.63. The van der Waals surface area contributed by atoms with E-state index in [1.165, 1.54) is 6.07 Å². The first-order valence-electron chi connectivity index (χ1n) is 6.16. The summed E-state index contributed by atoms with van der Waals surface area (Å²) in [5.41, 5.74) is -0.102. The molecule has 0 fully saturated rings. The van der Waals surface area contributed by atoms with Gasteiger partial charge in [0.05, 0.1) is 11.7 Å². The quantitative estimate of drug-likeness (QED) is 0.866. The van der Waals surface area contributed by atoms with E-state index in [-0.39, 0.29) is 12.2 Å². The molecule has 4 heteroatoms. The van der Waals surface area contributed by atoms with Crippen LogP contribution < -0.4 is 0 Å². The van der Waals surface area contributed by atoms with Crippen molar-refractivity contribution in [2.24, 2.45) is 0 Å². The molecule has 18 heavy (non-hydrogen) atoms. The average Bonchev–Trinajstić information content (AvgIpc) is 2.37. The predicted molar refractivity (Wildman–Crippen MR) is 74.1 cm³/mol. The lowest BCUT2D eigenvalue weighted by Crippen LogP contribution is -2.44. The summed E-state index contributed by atoms with van der Waals surface area (Å²) >= 11 is 3.31. The number of rotatable bonds is 6. The van der Waals surface area contributed by atoms with Gasteiger partial charge in [-0.1, -0.05) is 29.8 Å². The average molecular weight is 319 g/mol. The summed E-state index contributed by atoms with van der Waals surface area (Å²) in [4.78, 5) is 0. The molecule has 1 unspecified atom stereocenters. The van der Waals surface area contributed by atoms with Gasteiger partial charge in [0.1, 0.15) is 5.82 Å². The van der Waals surface area contributed by atoms with E-state index >= 15 is 0 Å². The van der Waals surface area contributed by atoms with Crippen molar-refractivity contribution < 1.29 is 14.2 Å². The molecule has 0 bridgehead atoms. The second-order valence-electron chi connectivity index (χ2n) is 4.43. The van der Waals surface area contributed by atoms with E-state index in [0.717, 1.165) is 4.47 Å². The Kier molecular flexibility index (Phi) is 5.76. The zero-order chi connectivity index (χ0) is 13.8. The Morgan fingerprint density at radius 1 is 1.39 bits per heavy atom. The van der Waals surface area contributed by atoms with E-state index in [1.54, 1.807) is 19.2 Å². The maximum atomic E-state index is 13.7. The number of aliphatic hydroxyl groups is 1. The summed E-state index contributed by atoms with van der Waals surface area (Å²) in [6.45, 7) is 3.93. The van der Waals surface area contributed by atoms with Crippen molar-refractivity contribution in [3.63, 3.8) is 0 Å². The first-order chi connectivity index (χ1) is 8.49. The lowest BCUT2D eigenvalue weighted by atomic mass is 9.86. The number of benzene rings is 1. The van der Waals surface area contributed by atoms with E-state index in [2.05, 4.69) is 15.9 Å². The number of hydrogen-bond acceptors (Lipinski definition) is 2. The monoisotopic (exact) mass is 318 g/mol. The highest BCUT2D eigenvalue weighted by Crippen LogP contribution is 2.28.